The van der Waals surface area contributed by atoms with Gasteiger partial charge in [0.25, 0.3) is 0 Å². The van der Waals surface area contributed by atoms with Crippen molar-refractivity contribution in [2.45, 2.75) is 13.1 Å². The Kier molecular flexibility index (Phi) is 9.13. The molecule has 1 aliphatic rings. The minimum absolute atomic E-state index is 0.174. The van der Waals surface area contributed by atoms with Gasteiger partial charge < -0.3 is 14.9 Å². The maximum Gasteiger partial charge on any atom is 0.414 e. The first-order chi connectivity index (χ1) is 16.4. The number of nitrogens with zero attached hydrogens (tertiary/aromatic N) is 2. The van der Waals surface area contributed by atoms with Gasteiger partial charge in [0.1, 0.15) is 17.3 Å². The molecule has 7 nitrogen and oxygen atoms in total. The molecule has 3 aromatic rings. The highest BCUT2D eigenvalue weighted by molar-refractivity contribution is 6.27. The molecule has 0 radical (unpaired) electrons. The maximum atomic E-state index is 13.0. The molecule has 1 aliphatic heterocycles. The normalized spacial score (nSPS) is 14.0. The Hall–Kier alpha value is -3.75. The van der Waals surface area contributed by atoms with Crippen LogP contribution in [0.15, 0.2) is 78.9 Å². The number of carbonyl (C=O) groups is 2. The Morgan fingerprint density at radius 3 is 1.79 bits per heavy atom. The van der Waals surface area contributed by atoms with Crippen LogP contribution in [0.5, 0.6) is 11.5 Å². The van der Waals surface area contributed by atoms with Gasteiger partial charge in [-0.3, -0.25) is 9.80 Å². The van der Waals surface area contributed by atoms with Crippen molar-refractivity contribution in [1.29, 1.82) is 0 Å². The van der Waals surface area contributed by atoms with Crippen molar-refractivity contribution in [3.63, 3.8) is 0 Å². The number of aliphatic carboxylic acids is 2. The third kappa shape index (κ3) is 8.31. The first-order valence-corrected chi connectivity index (χ1v) is 10.9. The van der Waals surface area contributed by atoms with Gasteiger partial charge in [0, 0.05) is 39.3 Å². The van der Waals surface area contributed by atoms with Crippen molar-refractivity contribution in [2.24, 2.45) is 0 Å². The first-order valence-electron chi connectivity index (χ1n) is 10.9. The summed E-state index contributed by atoms with van der Waals surface area (Å²) in [4.78, 5) is 23.1. The second kappa shape index (κ2) is 12.5. The molecule has 3 aromatic carbocycles. The number of halogens is 1. The van der Waals surface area contributed by atoms with E-state index >= 15 is 0 Å². The van der Waals surface area contributed by atoms with Crippen LogP contribution in [0.2, 0.25) is 0 Å². The highest BCUT2D eigenvalue weighted by Crippen LogP contribution is 2.22. The van der Waals surface area contributed by atoms with Gasteiger partial charge in [0.2, 0.25) is 0 Å². The lowest BCUT2D eigenvalue weighted by molar-refractivity contribution is -0.159. The van der Waals surface area contributed by atoms with Crippen LogP contribution in [0.25, 0.3) is 0 Å². The zero-order chi connectivity index (χ0) is 24.3. The number of para-hydroxylation sites is 1. The maximum absolute atomic E-state index is 13.0. The molecule has 4 rings (SSSR count). The van der Waals surface area contributed by atoms with Crippen molar-refractivity contribution in [1.82, 2.24) is 9.80 Å². The summed E-state index contributed by atoms with van der Waals surface area (Å²) in [6.07, 6.45) is 0. The molecule has 0 bridgehead atoms. The predicted octanol–water partition coefficient (Wildman–Crippen LogP) is 4.09. The molecule has 0 aliphatic carbocycles. The lowest BCUT2D eigenvalue weighted by Gasteiger charge is -2.34. The summed E-state index contributed by atoms with van der Waals surface area (Å²) in [7, 11) is 0. The lowest BCUT2D eigenvalue weighted by Crippen LogP contribution is -2.45. The molecule has 34 heavy (non-hydrogen) atoms. The van der Waals surface area contributed by atoms with Crippen LogP contribution in [-0.4, -0.2) is 58.1 Å². The van der Waals surface area contributed by atoms with E-state index in [1.807, 2.05) is 48.5 Å². The minimum atomic E-state index is -1.82. The highest BCUT2D eigenvalue weighted by Gasteiger charge is 2.17. The van der Waals surface area contributed by atoms with Crippen molar-refractivity contribution in [3.8, 4) is 11.5 Å². The fourth-order valence-electron chi connectivity index (χ4n) is 3.54. The summed E-state index contributed by atoms with van der Waals surface area (Å²) in [5.74, 6) is -2.09. The summed E-state index contributed by atoms with van der Waals surface area (Å²) < 4.78 is 19.0. The van der Waals surface area contributed by atoms with E-state index < -0.39 is 11.9 Å². The van der Waals surface area contributed by atoms with Crippen LogP contribution in [-0.2, 0) is 22.7 Å². The Bertz CT molecular complexity index is 1060. The van der Waals surface area contributed by atoms with Crippen LogP contribution in [0.3, 0.4) is 0 Å². The second-order valence-electron chi connectivity index (χ2n) is 7.85. The van der Waals surface area contributed by atoms with Gasteiger partial charge in [-0.1, -0.05) is 42.5 Å². The number of ether oxygens (including phenoxy) is 1. The number of hydrogen-bond acceptors (Lipinski definition) is 5. The van der Waals surface area contributed by atoms with E-state index in [4.69, 9.17) is 24.5 Å². The molecule has 0 saturated carbocycles. The molecule has 1 heterocycles. The summed E-state index contributed by atoms with van der Waals surface area (Å²) in [5.41, 5.74) is 2.43. The predicted molar refractivity (Wildman–Crippen MR) is 125 cm³/mol. The Labute approximate surface area is 197 Å². The van der Waals surface area contributed by atoms with Gasteiger partial charge in [0.05, 0.1) is 0 Å². The largest absolute Gasteiger partial charge is 0.473 e. The van der Waals surface area contributed by atoms with Crippen LogP contribution in [0.4, 0.5) is 4.39 Å². The van der Waals surface area contributed by atoms with E-state index in [9.17, 15) is 4.39 Å². The van der Waals surface area contributed by atoms with E-state index in [1.165, 1.54) is 23.3 Å². The van der Waals surface area contributed by atoms with Crippen LogP contribution < -0.4 is 4.74 Å². The summed E-state index contributed by atoms with van der Waals surface area (Å²) >= 11 is 0. The molecule has 0 amide bonds. The number of piperazine rings is 1. The minimum Gasteiger partial charge on any atom is -0.473 e. The number of hydrogen-bond donors (Lipinski definition) is 2. The molecule has 0 aromatic heterocycles. The van der Waals surface area contributed by atoms with E-state index in [-0.39, 0.29) is 5.82 Å². The van der Waals surface area contributed by atoms with Gasteiger partial charge in [-0.2, -0.15) is 0 Å². The summed E-state index contributed by atoms with van der Waals surface area (Å²) in [6.45, 7) is 5.93. The third-order valence-electron chi connectivity index (χ3n) is 5.25. The molecule has 1 fully saturated rings. The van der Waals surface area contributed by atoms with Gasteiger partial charge >= 0.3 is 11.9 Å². The molecule has 178 valence electrons. The Morgan fingerprint density at radius 1 is 0.706 bits per heavy atom. The molecule has 2 N–H and O–H groups in total. The molecular weight excluding hydrogens is 439 g/mol. The number of carboxylic acids is 2. The van der Waals surface area contributed by atoms with E-state index in [0.717, 1.165) is 50.8 Å². The van der Waals surface area contributed by atoms with Crippen LogP contribution in [0.1, 0.15) is 11.1 Å². The monoisotopic (exact) mass is 466 g/mol. The SMILES string of the molecule is Fc1ccc(CN2CCN(Cc3cccc(Oc4ccccc4)c3)CC2)cc1.O=C(O)C(=O)O. The fourth-order valence-corrected chi connectivity index (χ4v) is 3.54. The number of benzene rings is 3. The zero-order valence-corrected chi connectivity index (χ0v) is 18.6. The van der Waals surface area contributed by atoms with Crippen molar-refractivity contribution in [3.05, 3.63) is 95.8 Å². The standard InChI is InChI=1S/C24H25FN2O.C2H2O4/c25-22-11-9-20(10-12-22)18-26-13-15-27(16-14-26)19-21-5-4-8-24(17-21)28-23-6-2-1-3-7-23;3-1(4)2(5)6/h1-12,17H,13-16,18-19H2;(H,3,4)(H,5,6). The van der Waals surface area contributed by atoms with Crippen LogP contribution >= 0.6 is 0 Å². The zero-order valence-electron chi connectivity index (χ0n) is 18.6. The van der Waals surface area contributed by atoms with Gasteiger partial charge in [0.15, 0.2) is 0 Å². The summed E-state index contributed by atoms with van der Waals surface area (Å²) in [6, 6.07) is 25.0. The molecular formula is C26H27FN2O5. The molecule has 0 unspecified atom stereocenters. The van der Waals surface area contributed by atoms with Crippen molar-refractivity contribution in [2.75, 3.05) is 26.2 Å². The van der Waals surface area contributed by atoms with Gasteiger partial charge in [-0.15, -0.1) is 0 Å². The topological polar surface area (TPSA) is 90.3 Å². The first kappa shape index (κ1) is 24.9. The average Bonchev–Trinajstić information content (AvgIpc) is 2.83. The number of rotatable bonds is 6. The van der Waals surface area contributed by atoms with E-state index in [2.05, 4.69) is 28.0 Å². The number of carboxylic acid groups (broad SMARTS) is 2. The highest BCUT2D eigenvalue weighted by atomic mass is 19.1. The van der Waals surface area contributed by atoms with E-state index in [1.54, 1.807) is 0 Å². The average molecular weight is 467 g/mol. The third-order valence-corrected chi connectivity index (χ3v) is 5.25. The van der Waals surface area contributed by atoms with Crippen LogP contribution in [0, 0.1) is 5.82 Å². The smallest absolute Gasteiger partial charge is 0.414 e. The Morgan fingerprint density at radius 2 is 1.24 bits per heavy atom. The summed E-state index contributed by atoms with van der Waals surface area (Å²) in [5, 5.41) is 14.8. The Balaban J connectivity index is 0.000000481. The molecule has 0 atom stereocenters. The lowest BCUT2D eigenvalue weighted by atomic mass is 10.1. The van der Waals surface area contributed by atoms with Gasteiger partial charge in [-0.25, -0.2) is 14.0 Å². The van der Waals surface area contributed by atoms with E-state index in [0.29, 0.717) is 0 Å². The quantitative estimate of drug-likeness (QED) is 0.529. The second-order valence-corrected chi connectivity index (χ2v) is 7.85. The van der Waals surface area contributed by atoms with Crippen molar-refractivity contribution >= 4 is 11.9 Å². The van der Waals surface area contributed by atoms with Crippen molar-refractivity contribution < 1.29 is 28.9 Å². The molecule has 1 saturated heterocycles. The molecule has 8 heteroatoms. The fraction of sp³-hybridized carbons (Fsp3) is 0.231. The van der Waals surface area contributed by atoms with Gasteiger partial charge in [-0.05, 0) is 47.5 Å². The molecule has 0 spiro atoms.